The highest BCUT2D eigenvalue weighted by Crippen LogP contribution is 2.36. The maximum Gasteiger partial charge on any atom is 0.227 e. The minimum atomic E-state index is -0.664. The van der Waals surface area contributed by atoms with Crippen molar-refractivity contribution in [2.45, 2.75) is 26.6 Å². The number of benzene rings is 1. The highest BCUT2D eigenvalue weighted by molar-refractivity contribution is 5.71. The predicted molar refractivity (Wildman–Crippen MR) is 127 cm³/mol. The smallest absolute Gasteiger partial charge is 0.227 e. The molecule has 33 heavy (non-hydrogen) atoms. The van der Waals surface area contributed by atoms with Gasteiger partial charge >= 0.3 is 0 Å². The van der Waals surface area contributed by atoms with Gasteiger partial charge in [-0.1, -0.05) is 0 Å². The molecule has 9 nitrogen and oxygen atoms in total. The van der Waals surface area contributed by atoms with E-state index in [1.54, 1.807) is 13.3 Å². The lowest BCUT2D eigenvalue weighted by Crippen LogP contribution is -2.36. The van der Waals surface area contributed by atoms with Gasteiger partial charge in [0.1, 0.15) is 12.0 Å². The Morgan fingerprint density at radius 3 is 2.76 bits per heavy atom. The van der Waals surface area contributed by atoms with Crippen molar-refractivity contribution in [2.24, 2.45) is 0 Å². The summed E-state index contributed by atoms with van der Waals surface area (Å²) in [6.07, 6.45) is 1.09. The molecule has 1 atom stereocenters. The Bertz CT molecular complexity index is 1160. The van der Waals surface area contributed by atoms with Crippen LogP contribution in [0.25, 0.3) is 11.3 Å². The SMILES string of the molecule is COc1cc(Nc2nccc(-c3c(C)c4n(c3C)CCNC4O)n2)ccc1N1CCOCC1. The van der Waals surface area contributed by atoms with Crippen LogP contribution in [0.5, 0.6) is 5.75 Å². The van der Waals surface area contributed by atoms with Gasteiger partial charge in [-0.05, 0) is 37.6 Å². The van der Waals surface area contributed by atoms with Crippen molar-refractivity contribution in [3.05, 3.63) is 47.4 Å². The number of ether oxygens (including phenoxy) is 2. The minimum Gasteiger partial charge on any atom is -0.495 e. The van der Waals surface area contributed by atoms with Gasteiger partial charge in [-0.25, -0.2) is 9.97 Å². The van der Waals surface area contributed by atoms with E-state index in [0.717, 1.165) is 84.7 Å². The molecule has 0 aliphatic carbocycles. The average molecular weight is 451 g/mol. The second-order valence-electron chi connectivity index (χ2n) is 8.36. The number of aliphatic hydroxyl groups is 1. The number of morpholine rings is 1. The summed E-state index contributed by atoms with van der Waals surface area (Å²) in [5, 5.41) is 16.9. The molecule has 0 radical (unpaired) electrons. The van der Waals surface area contributed by atoms with E-state index in [4.69, 9.17) is 14.5 Å². The summed E-state index contributed by atoms with van der Waals surface area (Å²) in [6, 6.07) is 7.95. The van der Waals surface area contributed by atoms with Crippen molar-refractivity contribution in [1.82, 2.24) is 19.9 Å². The highest BCUT2D eigenvalue weighted by Gasteiger charge is 2.26. The number of nitrogens with zero attached hydrogens (tertiary/aromatic N) is 4. The molecule has 2 aromatic heterocycles. The monoisotopic (exact) mass is 450 g/mol. The number of nitrogens with one attached hydrogen (secondary N) is 2. The molecule has 3 aromatic rings. The first-order valence-corrected chi connectivity index (χ1v) is 11.3. The molecule has 1 aromatic carbocycles. The van der Waals surface area contributed by atoms with Gasteiger partial charge in [0, 0.05) is 55.4 Å². The molecule has 2 aliphatic heterocycles. The summed E-state index contributed by atoms with van der Waals surface area (Å²) in [5.74, 6) is 1.31. The average Bonchev–Trinajstić information content (AvgIpc) is 3.10. The molecular weight excluding hydrogens is 420 g/mol. The van der Waals surface area contributed by atoms with Crippen LogP contribution in [0.1, 0.15) is 23.2 Å². The Morgan fingerprint density at radius 2 is 2.00 bits per heavy atom. The Labute approximate surface area is 193 Å². The second kappa shape index (κ2) is 9.01. The van der Waals surface area contributed by atoms with Crippen molar-refractivity contribution in [3.8, 4) is 17.0 Å². The van der Waals surface area contributed by atoms with Gasteiger partial charge in [-0.2, -0.15) is 0 Å². The van der Waals surface area contributed by atoms with Gasteiger partial charge in [-0.3, -0.25) is 5.32 Å². The summed E-state index contributed by atoms with van der Waals surface area (Å²) in [6.45, 7) is 8.81. The molecule has 5 rings (SSSR count). The Hall–Kier alpha value is -3.14. The highest BCUT2D eigenvalue weighted by atomic mass is 16.5. The van der Waals surface area contributed by atoms with Crippen LogP contribution in [-0.2, 0) is 11.3 Å². The van der Waals surface area contributed by atoms with Gasteiger partial charge < -0.3 is 29.4 Å². The zero-order chi connectivity index (χ0) is 22.9. The van der Waals surface area contributed by atoms with E-state index >= 15 is 0 Å². The molecular formula is C24H30N6O3. The van der Waals surface area contributed by atoms with E-state index in [1.807, 2.05) is 25.1 Å². The van der Waals surface area contributed by atoms with Crippen molar-refractivity contribution in [1.29, 1.82) is 0 Å². The molecule has 1 unspecified atom stereocenters. The van der Waals surface area contributed by atoms with Gasteiger partial charge in [0.05, 0.1) is 37.4 Å². The van der Waals surface area contributed by atoms with Gasteiger partial charge in [0.2, 0.25) is 5.95 Å². The minimum absolute atomic E-state index is 0.510. The third-order valence-electron chi connectivity index (χ3n) is 6.45. The number of hydrogen-bond acceptors (Lipinski definition) is 8. The molecule has 0 saturated carbocycles. The van der Waals surface area contributed by atoms with Crippen LogP contribution >= 0.6 is 0 Å². The molecule has 0 amide bonds. The first-order valence-electron chi connectivity index (χ1n) is 11.3. The maximum atomic E-state index is 10.4. The number of fused-ring (bicyclic) bond motifs is 1. The standard InChI is InChI=1S/C24H30N6O3/c1-15-21(16(2)30-9-8-25-23(31)22(15)30)18-6-7-26-24(28-18)27-17-4-5-19(20(14-17)32-3)29-10-12-33-13-11-29/h4-7,14,23,25,31H,8-13H2,1-3H3,(H,26,27,28). The maximum absolute atomic E-state index is 10.4. The third kappa shape index (κ3) is 4.03. The van der Waals surface area contributed by atoms with Crippen LogP contribution in [-0.4, -0.2) is 59.6 Å². The van der Waals surface area contributed by atoms with E-state index in [2.05, 4.69) is 38.1 Å². The zero-order valence-electron chi connectivity index (χ0n) is 19.3. The molecule has 2 aliphatic rings. The molecule has 4 heterocycles. The lowest BCUT2D eigenvalue weighted by atomic mass is 10.1. The molecule has 1 fully saturated rings. The molecule has 9 heteroatoms. The van der Waals surface area contributed by atoms with Crippen LogP contribution in [0.3, 0.4) is 0 Å². The van der Waals surface area contributed by atoms with Crippen LogP contribution in [0, 0.1) is 13.8 Å². The summed E-state index contributed by atoms with van der Waals surface area (Å²) < 4.78 is 13.3. The van der Waals surface area contributed by atoms with Crippen LogP contribution < -0.4 is 20.3 Å². The number of aliphatic hydroxyl groups excluding tert-OH is 1. The van der Waals surface area contributed by atoms with Crippen LogP contribution in [0.4, 0.5) is 17.3 Å². The van der Waals surface area contributed by atoms with Crippen molar-refractivity contribution in [3.63, 3.8) is 0 Å². The Kier molecular flexibility index (Phi) is 5.92. The quantitative estimate of drug-likeness (QED) is 0.546. The second-order valence-corrected chi connectivity index (χ2v) is 8.36. The number of rotatable bonds is 5. The fourth-order valence-electron chi connectivity index (χ4n) is 4.85. The van der Waals surface area contributed by atoms with Crippen LogP contribution in [0.2, 0.25) is 0 Å². The van der Waals surface area contributed by atoms with E-state index in [0.29, 0.717) is 5.95 Å². The van der Waals surface area contributed by atoms with Crippen molar-refractivity contribution < 1.29 is 14.6 Å². The number of methoxy groups -OCH3 is 1. The summed E-state index contributed by atoms with van der Waals surface area (Å²) in [4.78, 5) is 11.5. The van der Waals surface area contributed by atoms with Crippen LogP contribution in [0.15, 0.2) is 30.5 Å². The summed E-state index contributed by atoms with van der Waals surface area (Å²) in [7, 11) is 1.68. The largest absolute Gasteiger partial charge is 0.495 e. The molecule has 174 valence electrons. The van der Waals surface area contributed by atoms with E-state index in [1.165, 1.54) is 0 Å². The molecule has 3 N–H and O–H groups in total. The lowest BCUT2D eigenvalue weighted by Gasteiger charge is -2.30. The van der Waals surface area contributed by atoms with Crippen molar-refractivity contribution in [2.75, 3.05) is 50.2 Å². The predicted octanol–water partition coefficient (Wildman–Crippen LogP) is 2.74. The fraction of sp³-hybridized carbons (Fsp3) is 0.417. The number of aromatic nitrogens is 3. The topological polar surface area (TPSA) is 96.7 Å². The first kappa shape index (κ1) is 21.7. The van der Waals surface area contributed by atoms with E-state index in [-0.39, 0.29) is 0 Å². The molecule has 0 spiro atoms. The Morgan fingerprint density at radius 1 is 1.18 bits per heavy atom. The van der Waals surface area contributed by atoms with Gasteiger partial charge in [-0.15, -0.1) is 0 Å². The molecule has 0 bridgehead atoms. The summed E-state index contributed by atoms with van der Waals surface area (Å²) in [5.41, 5.74) is 6.82. The van der Waals surface area contributed by atoms with E-state index in [9.17, 15) is 5.11 Å². The third-order valence-corrected chi connectivity index (χ3v) is 6.45. The van der Waals surface area contributed by atoms with Crippen molar-refractivity contribution >= 4 is 17.3 Å². The summed E-state index contributed by atoms with van der Waals surface area (Å²) >= 11 is 0. The first-order chi connectivity index (χ1) is 16.1. The Balaban J connectivity index is 1.43. The fourth-order valence-corrected chi connectivity index (χ4v) is 4.85. The normalized spacial score (nSPS) is 18.2. The lowest BCUT2D eigenvalue weighted by molar-refractivity contribution is 0.114. The van der Waals surface area contributed by atoms with E-state index < -0.39 is 6.23 Å². The zero-order valence-corrected chi connectivity index (χ0v) is 19.3. The molecule has 1 saturated heterocycles. The number of hydrogen-bond donors (Lipinski definition) is 3. The number of anilines is 3. The van der Waals surface area contributed by atoms with Gasteiger partial charge in [0.25, 0.3) is 0 Å². The van der Waals surface area contributed by atoms with Gasteiger partial charge in [0.15, 0.2) is 0 Å².